The Kier molecular flexibility index (Phi) is 3.98. The smallest absolute Gasteiger partial charge is 0.383 e. The number of nitrogens with zero attached hydrogens (tertiary/aromatic N) is 3. The summed E-state index contributed by atoms with van der Waals surface area (Å²) in [5.41, 5.74) is 5.85. The summed E-state index contributed by atoms with van der Waals surface area (Å²) in [4.78, 5) is 22.6. The number of nitrogen functional groups attached to an aromatic ring is 1. The highest BCUT2D eigenvalue weighted by atomic mass is 32.1. The van der Waals surface area contributed by atoms with Gasteiger partial charge in [-0.1, -0.05) is 0 Å². The molecule has 3 aromatic rings. The molecule has 0 radical (unpaired) electrons. The van der Waals surface area contributed by atoms with Crippen molar-refractivity contribution in [1.82, 2.24) is 14.5 Å². The van der Waals surface area contributed by atoms with E-state index in [-0.39, 0.29) is 12.4 Å². The monoisotopic (exact) mass is 380 g/mol. The standard InChI is InChI=1S/C17H15F3N4OS/c18-17(19,20)9-5-6-13(25)24(7-9)8-12-22-15(21)14-10-3-1-2-4-11(10)26-16(14)23-12/h5-7H,1-4,8H2,(H2,21,22,23). The first-order chi connectivity index (χ1) is 12.3. The van der Waals surface area contributed by atoms with E-state index >= 15 is 0 Å². The van der Waals surface area contributed by atoms with Crippen molar-refractivity contribution in [3.05, 3.63) is 50.5 Å². The molecule has 2 N–H and O–H groups in total. The largest absolute Gasteiger partial charge is 0.417 e. The molecule has 136 valence electrons. The third-order valence-corrected chi connectivity index (χ3v) is 5.70. The molecule has 1 aliphatic rings. The van der Waals surface area contributed by atoms with E-state index in [0.717, 1.165) is 58.8 Å². The van der Waals surface area contributed by atoms with Crippen LogP contribution >= 0.6 is 11.3 Å². The number of anilines is 1. The zero-order chi connectivity index (χ0) is 18.5. The van der Waals surface area contributed by atoms with E-state index in [4.69, 9.17) is 5.73 Å². The van der Waals surface area contributed by atoms with E-state index in [1.807, 2.05) is 0 Å². The lowest BCUT2D eigenvalue weighted by Gasteiger charge is -2.11. The second-order valence-corrected chi connectivity index (χ2v) is 7.38. The molecule has 5 nitrogen and oxygen atoms in total. The fourth-order valence-corrected chi connectivity index (χ4v) is 4.57. The van der Waals surface area contributed by atoms with Gasteiger partial charge in [-0.2, -0.15) is 13.2 Å². The number of nitrogens with two attached hydrogens (primary N) is 1. The lowest BCUT2D eigenvalue weighted by atomic mass is 9.97. The second-order valence-electron chi connectivity index (χ2n) is 6.30. The molecule has 0 spiro atoms. The molecule has 0 aromatic carbocycles. The number of hydrogen-bond donors (Lipinski definition) is 1. The maximum Gasteiger partial charge on any atom is 0.417 e. The Balaban J connectivity index is 1.76. The van der Waals surface area contributed by atoms with Crippen molar-refractivity contribution in [1.29, 1.82) is 0 Å². The number of aryl methyl sites for hydroxylation is 2. The van der Waals surface area contributed by atoms with Crippen molar-refractivity contribution in [2.75, 3.05) is 5.73 Å². The fourth-order valence-electron chi connectivity index (χ4n) is 3.28. The highest BCUT2D eigenvalue weighted by molar-refractivity contribution is 7.19. The molecule has 0 unspecified atom stereocenters. The first-order valence-electron chi connectivity index (χ1n) is 8.17. The number of halogens is 3. The molecule has 0 amide bonds. The summed E-state index contributed by atoms with van der Waals surface area (Å²) >= 11 is 1.55. The Morgan fingerprint density at radius 3 is 2.73 bits per heavy atom. The molecule has 1 aliphatic carbocycles. The lowest BCUT2D eigenvalue weighted by molar-refractivity contribution is -0.138. The summed E-state index contributed by atoms with van der Waals surface area (Å²) in [6.45, 7) is -0.161. The molecule has 0 saturated heterocycles. The molecule has 3 aromatic heterocycles. The normalized spacial score (nSPS) is 14.6. The van der Waals surface area contributed by atoms with Crippen molar-refractivity contribution in [3.8, 4) is 0 Å². The zero-order valence-electron chi connectivity index (χ0n) is 13.6. The van der Waals surface area contributed by atoms with Crippen LogP contribution in [0.3, 0.4) is 0 Å². The molecular weight excluding hydrogens is 365 g/mol. The summed E-state index contributed by atoms with van der Waals surface area (Å²) in [5.74, 6) is 0.555. The van der Waals surface area contributed by atoms with Crippen LogP contribution in [-0.2, 0) is 25.6 Å². The molecule has 0 saturated carbocycles. The average Bonchev–Trinajstić information content (AvgIpc) is 2.94. The molecule has 0 aliphatic heterocycles. The number of fused-ring (bicyclic) bond motifs is 3. The van der Waals surface area contributed by atoms with Crippen LogP contribution in [0.2, 0.25) is 0 Å². The number of hydrogen-bond acceptors (Lipinski definition) is 5. The van der Waals surface area contributed by atoms with Gasteiger partial charge in [-0.25, -0.2) is 9.97 Å². The van der Waals surface area contributed by atoms with Crippen LogP contribution in [0.1, 0.15) is 34.7 Å². The molecule has 0 fully saturated rings. The van der Waals surface area contributed by atoms with Gasteiger partial charge in [0.05, 0.1) is 17.5 Å². The van der Waals surface area contributed by atoms with Gasteiger partial charge in [0.1, 0.15) is 10.6 Å². The number of thiophene rings is 1. The summed E-state index contributed by atoms with van der Waals surface area (Å²) in [6.07, 6.45) is 0.407. The van der Waals surface area contributed by atoms with E-state index in [2.05, 4.69) is 9.97 Å². The number of aromatic nitrogens is 3. The number of pyridine rings is 1. The van der Waals surface area contributed by atoms with Crippen LogP contribution in [0.4, 0.5) is 19.0 Å². The quantitative estimate of drug-likeness (QED) is 0.740. The first kappa shape index (κ1) is 17.0. The van der Waals surface area contributed by atoms with Crippen LogP contribution in [0.15, 0.2) is 23.1 Å². The highest BCUT2D eigenvalue weighted by Crippen LogP contribution is 2.37. The Morgan fingerprint density at radius 1 is 1.19 bits per heavy atom. The van der Waals surface area contributed by atoms with E-state index in [0.29, 0.717) is 5.82 Å². The third kappa shape index (κ3) is 2.96. The number of rotatable bonds is 2. The minimum Gasteiger partial charge on any atom is -0.383 e. The third-order valence-electron chi connectivity index (χ3n) is 4.51. The van der Waals surface area contributed by atoms with Gasteiger partial charge in [0.15, 0.2) is 5.82 Å². The predicted octanol–water partition coefficient (Wildman–Crippen LogP) is 3.38. The Labute approximate surface area is 150 Å². The van der Waals surface area contributed by atoms with Gasteiger partial charge in [-0.05, 0) is 37.3 Å². The van der Waals surface area contributed by atoms with Gasteiger partial charge < -0.3 is 10.3 Å². The highest BCUT2D eigenvalue weighted by Gasteiger charge is 2.31. The summed E-state index contributed by atoms with van der Waals surface area (Å²) in [7, 11) is 0. The van der Waals surface area contributed by atoms with Crippen LogP contribution < -0.4 is 11.3 Å². The maximum absolute atomic E-state index is 12.9. The van der Waals surface area contributed by atoms with Gasteiger partial charge in [-0.15, -0.1) is 11.3 Å². The molecule has 3 heterocycles. The van der Waals surface area contributed by atoms with Crippen LogP contribution in [0.25, 0.3) is 10.2 Å². The maximum atomic E-state index is 12.9. The van der Waals surface area contributed by atoms with E-state index < -0.39 is 17.3 Å². The van der Waals surface area contributed by atoms with Crippen LogP contribution in [0.5, 0.6) is 0 Å². The first-order valence-corrected chi connectivity index (χ1v) is 8.99. The van der Waals surface area contributed by atoms with E-state index in [9.17, 15) is 18.0 Å². The molecule has 26 heavy (non-hydrogen) atoms. The van der Waals surface area contributed by atoms with E-state index in [1.54, 1.807) is 11.3 Å². The Morgan fingerprint density at radius 2 is 1.96 bits per heavy atom. The van der Waals surface area contributed by atoms with Crippen molar-refractivity contribution in [2.45, 2.75) is 38.4 Å². The van der Waals surface area contributed by atoms with Gasteiger partial charge >= 0.3 is 6.18 Å². The molecule has 4 rings (SSSR count). The van der Waals surface area contributed by atoms with Crippen molar-refractivity contribution >= 4 is 27.4 Å². The SMILES string of the molecule is Nc1nc(Cn2cc(C(F)(F)F)ccc2=O)nc2sc3c(c12)CCCC3. The zero-order valence-corrected chi connectivity index (χ0v) is 14.5. The minimum atomic E-state index is -4.52. The van der Waals surface area contributed by atoms with Crippen LogP contribution in [0, 0.1) is 0 Å². The van der Waals surface area contributed by atoms with Crippen molar-refractivity contribution < 1.29 is 13.2 Å². The summed E-state index contributed by atoms with van der Waals surface area (Å²) in [5, 5.41) is 0.852. The average molecular weight is 380 g/mol. The van der Waals surface area contributed by atoms with Crippen molar-refractivity contribution in [3.63, 3.8) is 0 Å². The topological polar surface area (TPSA) is 73.8 Å². The lowest BCUT2D eigenvalue weighted by Crippen LogP contribution is -2.23. The van der Waals surface area contributed by atoms with E-state index in [1.165, 1.54) is 10.4 Å². The molecule has 0 bridgehead atoms. The Hall–Kier alpha value is -2.42. The van der Waals surface area contributed by atoms with Gasteiger partial charge in [-0.3, -0.25) is 4.79 Å². The summed E-state index contributed by atoms with van der Waals surface area (Å²) < 4.78 is 39.6. The second kappa shape index (κ2) is 6.08. The van der Waals surface area contributed by atoms with Crippen LogP contribution in [-0.4, -0.2) is 14.5 Å². The molecule has 9 heteroatoms. The summed E-state index contributed by atoms with van der Waals surface area (Å²) in [6, 6.07) is 1.67. The molecule has 0 atom stereocenters. The fraction of sp³-hybridized carbons (Fsp3) is 0.353. The molecular formula is C17H15F3N4OS. The van der Waals surface area contributed by atoms with Gasteiger partial charge in [0, 0.05) is 17.1 Å². The van der Waals surface area contributed by atoms with Crippen molar-refractivity contribution in [2.24, 2.45) is 0 Å². The Bertz CT molecular complexity index is 1050. The van der Waals surface area contributed by atoms with Gasteiger partial charge in [0.2, 0.25) is 0 Å². The van der Waals surface area contributed by atoms with Gasteiger partial charge in [0.25, 0.3) is 5.56 Å². The predicted molar refractivity (Wildman–Crippen MR) is 93.3 cm³/mol. The minimum absolute atomic E-state index is 0.161. The number of alkyl halides is 3.